The predicted molar refractivity (Wildman–Crippen MR) is 90.7 cm³/mol. The first-order valence-corrected chi connectivity index (χ1v) is 7.42. The monoisotopic (exact) mass is 328 g/mol. The van der Waals surface area contributed by atoms with Crippen LogP contribution in [0.5, 0.6) is 11.5 Å². The van der Waals surface area contributed by atoms with Crippen molar-refractivity contribution in [3.63, 3.8) is 0 Å². The summed E-state index contributed by atoms with van der Waals surface area (Å²) in [5, 5.41) is 8.76. The third-order valence-corrected chi connectivity index (χ3v) is 3.31. The summed E-state index contributed by atoms with van der Waals surface area (Å²) in [6.07, 6.45) is 2.26. The Balaban J connectivity index is 0.000000647. The molecule has 0 aliphatic carbocycles. The number of hydrogen-bond acceptors (Lipinski definition) is 5. The van der Waals surface area contributed by atoms with Gasteiger partial charge < -0.3 is 20.4 Å². The van der Waals surface area contributed by atoms with Gasteiger partial charge >= 0.3 is 0 Å². The summed E-state index contributed by atoms with van der Waals surface area (Å²) in [6.45, 7) is 1.43. The molecular formula is C18H20N2O4. The number of carbonyl (C=O) groups is 1. The number of primary amides is 1. The van der Waals surface area contributed by atoms with Crippen LogP contribution in [0.3, 0.4) is 0 Å². The number of amides is 1. The first kappa shape index (κ1) is 17.5. The molecule has 0 atom stereocenters. The summed E-state index contributed by atoms with van der Waals surface area (Å²) in [6, 6.07) is 15.8. The lowest BCUT2D eigenvalue weighted by Gasteiger charge is -2.18. The quantitative estimate of drug-likeness (QED) is 0.577. The normalized spacial score (nSPS) is 12.0. The van der Waals surface area contributed by atoms with Crippen LogP contribution in [0.25, 0.3) is 6.08 Å². The standard InChI is InChI=1S/C17H17NO3.CH3NO/c19-18-10-14-8-15-9-16(6-7-17(15)21-12-14)20-11-13-4-2-1-3-5-13;2-1-3/h1-9,18-19H,10-12H2;1H,(H2,2,3). The van der Waals surface area contributed by atoms with E-state index in [-0.39, 0.29) is 6.41 Å². The molecule has 0 saturated heterocycles. The third kappa shape index (κ3) is 5.12. The van der Waals surface area contributed by atoms with Crippen molar-refractivity contribution in [3.05, 3.63) is 65.2 Å². The van der Waals surface area contributed by atoms with Crippen molar-refractivity contribution in [1.82, 2.24) is 5.48 Å². The molecule has 0 fully saturated rings. The molecule has 0 aromatic heterocycles. The molecular weight excluding hydrogens is 308 g/mol. The van der Waals surface area contributed by atoms with Gasteiger partial charge in [-0.2, -0.15) is 0 Å². The van der Waals surface area contributed by atoms with E-state index in [1.807, 2.05) is 54.6 Å². The maximum absolute atomic E-state index is 8.76. The lowest BCUT2D eigenvalue weighted by atomic mass is 10.1. The van der Waals surface area contributed by atoms with E-state index in [0.717, 1.165) is 28.2 Å². The van der Waals surface area contributed by atoms with Gasteiger partial charge in [0.1, 0.15) is 24.7 Å². The number of fused-ring (bicyclic) bond motifs is 1. The number of hydrogen-bond donors (Lipinski definition) is 3. The average molecular weight is 328 g/mol. The Morgan fingerprint density at radius 3 is 2.71 bits per heavy atom. The number of carbonyl (C=O) groups excluding carboxylic acids is 1. The maximum Gasteiger partial charge on any atom is 0.204 e. The zero-order chi connectivity index (χ0) is 17.2. The van der Waals surface area contributed by atoms with Gasteiger partial charge in [-0.15, -0.1) is 0 Å². The summed E-state index contributed by atoms with van der Waals surface area (Å²) in [4.78, 5) is 8.58. The summed E-state index contributed by atoms with van der Waals surface area (Å²) in [5.41, 5.74) is 9.41. The van der Waals surface area contributed by atoms with Gasteiger partial charge in [0, 0.05) is 12.1 Å². The molecule has 24 heavy (non-hydrogen) atoms. The van der Waals surface area contributed by atoms with Crippen molar-refractivity contribution in [2.45, 2.75) is 6.61 Å². The fourth-order valence-electron chi connectivity index (χ4n) is 2.24. The Hall–Kier alpha value is -2.83. The molecule has 0 radical (unpaired) electrons. The number of nitrogens with one attached hydrogen (secondary N) is 1. The molecule has 1 amide bonds. The van der Waals surface area contributed by atoms with Crippen LogP contribution in [-0.4, -0.2) is 24.8 Å². The Kier molecular flexibility index (Phi) is 6.82. The first-order valence-electron chi connectivity index (χ1n) is 7.42. The van der Waals surface area contributed by atoms with Crippen LogP contribution in [0, 0.1) is 0 Å². The fraction of sp³-hybridized carbons (Fsp3) is 0.167. The van der Waals surface area contributed by atoms with Crippen molar-refractivity contribution in [1.29, 1.82) is 0 Å². The molecule has 1 aliphatic heterocycles. The van der Waals surface area contributed by atoms with Crippen LogP contribution in [0.15, 0.2) is 54.1 Å². The average Bonchev–Trinajstić information content (AvgIpc) is 2.61. The van der Waals surface area contributed by atoms with Gasteiger partial charge in [0.05, 0.1) is 0 Å². The van der Waals surface area contributed by atoms with E-state index < -0.39 is 0 Å². The second-order valence-electron chi connectivity index (χ2n) is 5.04. The molecule has 3 rings (SSSR count). The minimum absolute atomic E-state index is 0.250. The minimum atomic E-state index is 0.250. The first-order chi connectivity index (χ1) is 11.8. The second-order valence-corrected chi connectivity index (χ2v) is 5.04. The summed E-state index contributed by atoms with van der Waals surface area (Å²) >= 11 is 0. The largest absolute Gasteiger partial charge is 0.489 e. The summed E-state index contributed by atoms with van der Waals surface area (Å²) < 4.78 is 11.4. The van der Waals surface area contributed by atoms with Crippen LogP contribution in [0.2, 0.25) is 0 Å². The van der Waals surface area contributed by atoms with E-state index in [9.17, 15) is 0 Å². The molecule has 126 valence electrons. The highest BCUT2D eigenvalue weighted by molar-refractivity contribution is 5.64. The number of benzene rings is 2. The lowest BCUT2D eigenvalue weighted by molar-refractivity contribution is -0.106. The number of ether oxygens (including phenoxy) is 2. The van der Waals surface area contributed by atoms with Gasteiger partial charge in [0.2, 0.25) is 6.41 Å². The van der Waals surface area contributed by atoms with E-state index >= 15 is 0 Å². The smallest absolute Gasteiger partial charge is 0.204 e. The molecule has 0 spiro atoms. The van der Waals surface area contributed by atoms with Crippen LogP contribution < -0.4 is 20.7 Å². The summed E-state index contributed by atoms with van der Waals surface area (Å²) in [5.74, 6) is 1.64. The van der Waals surface area contributed by atoms with E-state index in [1.54, 1.807) is 0 Å². The van der Waals surface area contributed by atoms with E-state index in [1.165, 1.54) is 0 Å². The molecule has 2 aromatic rings. The zero-order valence-electron chi connectivity index (χ0n) is 13.1. The number of hydroxylamine groups is 1. The van der Waals surface area contributed by atoms with Crippen molar-refractivity contribution >= 4 is 12.5 Å². The maximum atomic E-state index is 8.76. The molecule has 1 aliphatic rings. The van der Waals surface area contributed by atoms with Gasteiger partial charge in [-0.25, -0.2) is 5.48 Å². The van der Waals surface area contributed by atoms with Crippen molar-refractivity contribution < 1.29 is 19.5 Å². The van der Waals surface area contributed by atoms with Gasteiger partial charge in [-0.05, 0) is 35.4 Å². The Labute approximate surface area is 140 Å². The predicted octanol–water partition coefficient (Wildman–Crippen LogP) is 2.12. The van der Waals surface area contributed by atoms with Crippen LogP contribution in [0.4, 0.5) is 0 Å². The lowest BCUT2D eigenvalue weighted by Crippen LogP contribution is -2.18. The van der Waals surface area contributed by atoms with E-state index in [2.05, 4.69) is 11.2 Å². The minimum Gasteiger partial charge on any atom is -0.489 e. The van der Waals surface area contributed by atoms with Crippen LogP contribution in [0.1, 0.15) is 11.1 Å². The van der Waals surface area contributed by atoms with Crippen molar-refractivity contribution in [3.8, 4) is 11.5 Å². The van der Waals surface area contributed by atoms with Crippen LogP contribution >= 0.6 is 0 Å². The molecule has 0 saturated carbocycles. The molecule has 6 heteroatoms. The van der Waals surface area contributed by atoms with Crippen molar-refractivity contribution in [2.75, 3.05) is 13.2 Å². The highest BCUT2D eigenvalue weighted by Gasteiger charge is 2.12. The molecule has 6 nitrogen and oxygen atoms in total. The molecule has 2 aromatic carbocycles. The highest BCUT2D eigenvalue weighted by atomic mass is 16.5. The Bertz CT molecular complexity index is 687. The molecule has 4 N–H and O–H groups in total. The molecule has 0 bridgehead atoms. The SMILES string of the molecule is NC=O.ONCC1=Cc2cc(OCc3ccccc3)ccc2OC1. The third-order valence-electron chi connectivity index (χ3n) is 3.31. The number of rotatable bonds is 5. The van der Waals surface area contributed by atoms with Gasteiger partial charge in [0.15, 0.2) is 0 Å². The molecule has 0 unspecified atom stereocenters. The van der Waals surface area contributed by atoms with Gasteiger partial charge in [0.25, 0.3) is 0 Å². The molecule has 1 heterocycles. The highest BCUT2D eigenvalue weighted by Crippen LogP contribution is 2.30. The van der Waals surface area contributed by atoms with E-state index in [0.29, 0.717) is 19.8 Å². The topological polar surface area (TPSA) is 93.8 Å². The van der Waals surface area contributed by atoms with Crippen LogP contribution in [-0.2, 0) is 11.4 Å². The van der Waals surface area contributed by atoms with Gasteiger partial charge in [-0.3, -0.25) is 4.79 Å². The zero-order valence-corrected chi connectivity index (χ0v) is 13.1. The summed E-state index contributed by atoms with van der Waals surface area (Å²) in [7, 11) is 0. The fourth-order valence-corrected chi connectivity index (χ4v) is 2.24. The number of nitrogens with two attached hydrogens (primary N) is 1. The Morgan fingerprint density at radius 2 is 2.00 bits per heavy atom. The van der Waals surface area contributed by atoms with E-state index in [4.69, 9.17) is 19.5 Å². The second kappa shape index (κ2) is 9.34. The van der Waals surface area contributed by atoms with Crippen molar-refractivity contribution in [2.24, 2.45) is 5.73 Å². The van der Waals surface area contributed by atoms with Gasteiger partial charge in [-0.1, -0.05) is 30.3 Å². The Morgan fingerprint density at radius 1 is 1.25 bits per heavy atom.